The van der Waals surface area contributed by atoms with Crippen molar-refractivity contribution in [3.8, 4) is 11.1 Å². The van der Waals surface area contributed by atoms with Crippen molar-refractivity contribution >= 4 is 17.5 Å². The van der Waals surface area contributed by atoms with Gasteiger partial charge in [-0.15, -0.1) is 0 Å². The highest BCUT2D eigenvalue weighted by Gasteiger charge is 2.45. The third-order valence-corrected chi connectivity index (χ3v) is 6.89. The molecule has 0 heterocycles. The van der Waals surface area contributed by atoms with E-state index in [2.05, 4.69) is 139 Å². The van der Waals surface area contributed by atoms with Gasteiger partial charge in [-0.05, 0) is 63.2 Å². The first-order valence-corrected chi connectivity index (χ1v) is 11.7. The molecule has 1 heteroatoms. The lowest BCUT2D eigenvalue weighted by atomic mass is 9.67. The monoisotopic (exact) mass is 435 g/mol. The quantitative estimate of drug-likeness (QED) is 0.286. The first-order chi connectivity index (χ1) is 16.8. The minimum atomic E-state index is -0.376. The summed E-state index contributed by atoms with van der Waals surface area (Å²) in [7, 11) is 0. The van der Waals surface area contributed by atoms with Crippen LogP contribution in [-0.4, -0.2) is 0 Å². The molecule has 5 aromatic carbocycles. The standard InChI is InChI=1S/C33H25N/c1-2-24-17-19-27(20-18-24)34-28-21-22-30-29-15-9-10-16-31(29)33(32(30)23-28,25-11-5-3-6-12-25)26-13-7-4-8-14-26/h2-23,34H,1H2. The van der Waals surface area contributed by atoms with Crippen molar-refractivity contribution < 1.29 is 0 Å². The van der Waals surface area contributed by atoms with E-state index in [4.69, 9.17) is 0 Å². The summed E-state index contributed by atoms with van der Waals surface area (Å²) in [5.74, 6) is 0. The molecule has 0 fully saturated rings. The van der Waals surface area contributed by atoms with E-state index in [-0.39, 0.29) is 5.41 Å². The van der Waals surface area contributed by atoms with Crippen LogP contribution in [0, 0.1) is 0 Å². The Morgan fingerprint density at radius 2 is 1.09 bits per heavy atom. The summed E-state index contributed by atoms with van der Waals surface area (Å²) in [5.41, 5.74) is 10.7. The maximum atomic E-state index is 3.86. The van der Waals surface area contributed by atoms with Crippen molar-refractivity contribution in [2.45, 2.75) is 5.41 Å². The van der Waals surface area contributed by atoms with Crippen LogP contribution in [0.15, 0.2) is 134 Å². The van der Waals surface area contributed by atoms with E-state index in [1.54, 1.807) is 0 Å². The summed E-state index contributed by atoms with van der Waals surface area (Å²) in [6, 6.07) is 45.8. The lowest BCUT2D eigenvalue weighted by Gasteiger charge is -2.34. The van der Waals surface area contributed by atoms with Gasteiger partial charge < -0.3 is 5.32 Å². The van der Waals surface area contributed by atoms with Gasteiger partial charge in [0.2, 0.25) is 0 Å². The fourth-order valence-electron chi connectivity index (χ4n) is 5.39. The zero-order valence-electron chi connectivity index (χ0n) is 18.9. The van der Waals surface area contributed by atoms with E-state index in [9.17, 15) is 0 Å². The summed E-state index contributed by atoms with van der Waals surface area (Å²) < 4.78 is 0. The Kier molecular flexibility index (Phi) is 4.89. The van der Waals surface area contributed by atoms with Crippen LogP contribution in [0.4, 0.5) is 11.4 Å². The molecule has 1 nitrogen and oxygen atoms in total. The molecule has 5 aromatic rings. The molecular formula is C33H25N. The van der Waals surface area contributed by atoms with Crippen molar-refractivity contribution in [3.63, 3.8) is 0 Å². The Morgan fingerprint density at radius 3 is 1.74 bits per heavy atom. The van der Waals surface area contributed by atoms with Crippen LogP contribution in [0.1, 0.15) is 27.8 Å². The molecule has 1 aliphatic carbocycles. The van der Waals surface area contributed by atoms with Crippen molar-refractivity contribution in [2.24, 2.45) is 0 Å². The molecule has 0 amide bonds. The molecule has 0 bridgehead atoms. The summed E-state index contributed by atoms with van der Waals surface area (Å²) in [5, 5.41) is 3.62. The normalized spacial score (nSPS) is 13.1. The Hall–Kier alpha value is -4.36. The van der Waals surface area contributed by atoms with Gasteiger partial charge in [-0.25, -0.2) is 0 Å². The van der Waals surface area contributed by atoms with E-state index in [0.717, 1.165) is 16.9 Å². The van der Waals surface area contributed by atoms with E-state index in [1.165, 1.54) is 33.4 Å². The zero-order chi connectivity index (χ0) is 23.0. The Balaban J connectivity index is 1.59. The third kappa shape index (κ3) is 3.09. The molecule has 0 aliphatic heterocycles. The molecule has 0 unspecified atom stereocenters. The van der Waals surface area contributed by atoms with Gasteiger partial charge in [0.15, 0.2) is 0 Å². The number of anilines is 2. The lowest BCUT2D eigenvalue weighted by molar-refractivity contribution is 0.769. The number of hydrogen-bond donors (Lipinski definition) is 1. The van der Waals surface area contributed by atoms with Crippen LogP contribution >= 0.6 is 0 Å². The predicted molar refractivity (Wildman–Crippen MR) is 144 cm³/mol. The molecule has 162 valence electrons. The fourth-order valence-corrected chi connectivity index (χ4v) is 5.39. The van der Waals surface area contributed by atoms with E-state index < -0.39 is 0 Å². The number of fused-ring (bicyclic) bond motifs is 3. The minimum Gasteiger partial charge on any atom is -0.356 e. The fraction of sp³-hybridized carbons (Fsp3) is 0.0303. The highest BCUT2D eigenvalue weighted by molar-refractivity contribution is 5.88. The lowest BCUT2D eigenvalue weighted by Crippen LogP contribution is -2.28. The van der Waals surface area contributed by atoms with Crippen LogP contribution in [-0.2, 0) is 5.41 Å². The van der Waals surface area contributed by atoms with Gasteiger partial charge in [0.25, 0.3) is 0 Å². The van der Waals surface area contributed by atoms with Crippen molar-refractivity contribution in [2.75, 3.05) is 5.32 Å². The van der Waals surface area contributed by atoms with Gasteiger partial charge in [-0.1, -0.05) is 116 Å². The molecule has 1 N–H and O–H groups in total. The van der Waals surface area contributed by atoms with Crippen LogP contribution < -0.4 is 5.32 Å². The number of rotatable bonds is 5. The summed E-state index contributed by atoms with van der Waals surface area (Å²) in [4.78, 5) is 0. The zero-order valence-corrected chi connectivity index (χ0v) is 18.9. The Bertz CT molecular complexity index is 1430. The Labute approximate surface area is 201 Å². The maximum Gasteiger partial charge on any atom is 0.0714 e. The van der Waals surface area contributed by atoms with Crippen molar-refractivity contribution in [1.29, 1.82) is 0 Å². The first kappa shape index (κ1) is 20.3. The van der Waals surface area contributed by atoms with E-state index in [0.29, 0.717) is 0 Å². The van der Waals surface area contributed by atoms with Crippen molar-refractivity contribution in [1.82, 2.24) is 0 Å². The largest absolute Gasteiger partial charge is 0.356 e. The highest BCUT2D eigenvalue weighted by atomic mass is 14.9. The van der Waals surface area contributed by atoms with Gasteiger partial charge in [0.1, 0.15) is 0 Å². The average Bonchev–Trinajstić information content (AvgIpc) is 3.21. The van der Waals surface area contributed by atoms with Gasteiger partial charge in [-0.2, -0.15) is 0 Å². The number of nitrogens with one attached hydrogen (secondary N) is 1. The molecule has 34 heavy (non-hydrogen) atoms. The average molecular weight is 436 g/mol. The van der Waals surface area contributed by atoms with Crippen LogP contribution in [0.25, 0.3) is 17.2 Å². The molecule has 0 atom stereocenters. The second kappa shape index (κ2) is 8.20. The molecule has 0 spiro atoms. The molecule has 0 radical (unpaired) electrons. The molecule has 0 saturated heterocycles. The van der Waals surface area contributed by atoms with Crippen LogP contribution in [0.2, 0.25) is 0 Å². The SMILES string of the molecule is C=Cc1ccc(Nc2ccc3c(c2)C(c2ccccc2)(c2ccccc2)c2ccccc2-3)cc1. The summed E-state index contributed by atoms with van der Waals surface area (Å²) in [6.45, 7) is 3.86. The van der Waals surface area contributed by atoms with Gasteiger partial charge >= 0.3 is 0 Å². The van der Waals surface area contributed by atoms with Gasteiger partial charge in [-0.3, -0.25) is 0 Å². The summed E-state index contributed by atoms with van der Waals surface area (Å²) >= 11 is 0. The highest BCUT2D eigenvalue weighted by Crippen LogP contribution is 2.56. The van der Waals surface area contributed by atoms with E-state index >= 15 is 0 Å². The molecule has 6 rings (SSSR count). The van der Waals surface area contributed by atoms with Gasteiger partial charge in [0, 0.05) is 11.4 Å². The van der Waals surface area contributed by atoms with Crippen molar-refractivity contribution in [3.05, 3.63) is 162 Å². The van der Waals surface area contributed by atoms with Crippen LogP contribution in [0.3, 0.4) is 0 Å². The minimum absolute atomic E-state index is 0.376. The van der Waals surface area contributed by atoms with E-state index in [1.807, 2.05) is 6.08 Å². The first-order valence-electron chi connectivity index (χ1n) is 11.7. The Morgan fingerprint density at radius 1 is 0.529 bits per heavy atom. The third-order valence-electron chi connectivity index (χ3n) is 6.89. The van der Waals surface area contributed by atoms with Gasteiger partial charge in [0.05, 0.1) is 5.41 Å². The topological polar surface area (TPSA) is 12.0 Å². The molecule has 0 saturated carbocycles. The number of benzene rings is 5. The molecule has 1 aliphatic rings. The second-order valence-corrected chi connectivity index (χ2v) is 8.74. The number of hydrogen-bond acceptors (Lipinski definition) is 1. The molecule has 0 aromatic heterocycles. The summed E-state index contributed by atoms with van der Waals surface area (Å²) in [6.07, 6.45) is 1.87. The second-order valence-electron chi connectivity index (χ2n) is 8.74. The maximum absolute atomic E-state index is 3.86. The smallest absolute Gasteiger partial charge is 0.0714 e. The molecular weight excluding hydrogens is 410 g/mol. The van der Waals surface area contributed by atoms with Crippen LogP contribution in [0.5, 0.6) is 0 Å². The predicted octanol–water partition coefficient (Wildman–Crippen LogP) is 8.44.